The van der Waals surface area contributed by atoms with Gasteiger partial charge >= 0.3 is 0 Å². The van der Waals surface area contributed by atoms with Crippen molar-refractivity contribution in [3.8, 4) is 11.5 Å². The second kappa shape index (κ2) is 7.50. The Kier molecular flexibility index (Phi) is 5.42. The minimum Gasteiger partial charge on any atom is -0.496 e. The molecule has 0 atom stereocenters. The lowest BCUT2D eigenvalue weighted by Crippen LogP contribution is -2.00. The third kappa shape index (κ3) is 4.01. The minimum atomic E-state index is 0.427. The molecule has 0 aromatic heterocycles. The van der Waals surface area contributed by atoms with Gasteiger partial charge in [-0.2, -0.15) is 5.10 Å². The lowest BCUT2D eigenvalue weighted by molar-refractivity contribution is 0.296. The van der Waals surface area contributed by atoms with E-state index in [1.54, 1.807) is 13.3 Å². The molecule has 2 N–H and O–H groups in total. The van der Waals surface area contributed by atoms with Gasteiger partial charge in [-0.05, 0) is 47.4 Å². The fourth-order valence-corrected chi connectivity index (χ4v) is 2.19. The van der Waals surface area contributed by atoms with E-state index < -0.39 is 0 Å². The van der Waals surface area contributed by atoms with Crippen LogP contribution in [0.3, 0.4) is 0 Å². The maximum atomic E-state index is 5.85. The van der Waals surface area contributed by atoms with Crippen molar-refractivity contribution >= 4 is 6.21 Å². The number of nitrogens with two attached hydrogens (primary N) is 1. The van der Waals surface area contributed by atoms with Crippen LogP contribution in [0.15, 0.2) is 47.6 Å². The molecule has 2 rings (SSSR count). The highest BCUT2D eigenvalue weighted by atomic mass is 16.5. The summed E-state index contributed by atoms with van der Waals surface area (Å²) < 4.78 is 11.2. The molecule has 0 heterocycles. The summed E-state index contributed by atoms with van der Waals surface area (Å²) in [6.07, 6.45) is 1.60. The molecule has 0 amide bonds. The van der Waals surface area contributed by atoms with Gasteiger partial charge in [-0.3, -0.25) is 0 Å². The molecule has 116 valence electrons. The molecule has 0 aliphatic rings. The summed E-state index contributed by atoms with van der Waals surface area (Å²) in [7, 11) is 1.65. The Bertz CT molecular complexity index is 634. The topological polar surface area (TPSA) is 56.8 Å². The van der Waals surface area contributed by atoms with Crippen LogP contribution >= 0.6 is 0 Å². The molecular formula is C18H22N2O2. The zero-order chi connectivity index (χ0) is 15.9. The van der Waals surface area contributed by atoms with Crippen LogP contribution in [0.2, 0.25) is 0 Å². The maximum absolute atomic E-state index is 5.85. The Morgan fingerprint density at radius 1 is 1.14 bits per heavy atom. The smallest absolute Gasteiger partial charge is 0.125 e. The first-order chi connectivity index (χ1) is 10.6. The van der Waals surface area contributed by atoms with Crippen molar-refractivity contribution in [2.75, 3.05) is 7.11 Å². The third-order valence-electron chi connectivity index (χ3n) is 3.47. The number of benzene rings is 2. The van der Waals surface area contributed by atoms with E-state index in [9.17, 15) is 0 Å². The predicted octanol–water partition coefficient (Wildman–Crippen LogP) is 3.69. The molecule has 0 unspecified atom stereocenters. The van der Waals surface area contributed by atoms with Gasteiger partial charge in [0.25, 0.3) is 0 Å². The Morgan fingerprint density at radius 2 is 1.86 bits per heavy atom. The van der Waals surface area contributed by atoms with Crippen LogP contribution in [0.4, 0.5) is 0 Å². The number of rotatable bonds is 6. The van der Waals surface area contributed by atoms with E-state index in [1.165, 1.54) is 5.56 Å². The zero-order valence-corrected chi connectivity index (χ0v) is 13.2. The standard InChI is InChI=1S/C18H22N2O2/c1-13(2)15-5-7-17(8-6-15)22-12-16-10-14(11-20-19)4-9-18(16)21-3/h4-11,13H,12,19H2,1-3H3. The van der Waals surface area contributed by atoms with E-state index in [0.29, 0.717) is 12.5 Å². The second-order valence-corrected chi connectivity index (χ2v) is 5.36. The van der Waals surface area contributed by atoms with Gasteiger partial charge in [-0.15, -0.1) is 0 Å². The fraction of sp³-hybridized carbons (Fsp3) is 0.278. The van der Waals surface area contributed by atoms with Crippen molar-refractivity contribution in [1.82, 2.24) is 0 Å². The first kappa shape index (κ1) is 15.9. The van der Waals surface area contributed by atoms with Gasteiger partial charge < -0.3 is 15.3 Å². The van der Waals surface area contributed by atoms with Crippen LogP contribution in [0.5, 0.6) is 11.5 Å². The van der Waals surface area contributed by atoms with Gasteiger partial charge in [0.1, 0.15) is 18.1 Å². The van der Waals surface area contributed by atoms with Gasteiger partial charge in [0, 0.05) is 5.56 Å². The molecule has 4 heteroatoms. The quantitative estimate of drug-likeness (QED) is 0.502. The molecule has 0 aliphatic heterocycles. The highest BCUT2D eigenvalue weighted by Gasteiger charge is 2.06. The normalized spacial score (nSPS) is 11.1. The van der Waals surface area contributed by atoms with Crippen LogP contribution in [0, 0.1) is 0 Å². The van der Waals surface area contributed by atoms with Crippen molar-refractivity contribution in [2.24, 2.45) is 10.9 Å². The molecule has 0 aliphatic carbocycles. The lowest BCUT2D eigenvalue weighted by atomic mass is 10.0. The van der Waals surface area contributed by atoms with E-state index in [0.717, 1.165) is 22.6 Å². The summed E-state index contributed by atoms with van der Waals surface area (Å²) in [5, 5.41) is 3.54. The first-order valence-corrected chi connectivity index (χ1v) is 7.27. The first-order valence-electron chi connectivity index (χ1n) is 7.27. The van der Waals surface area contributed by atoms with Crippen molar-refractivity contribution in [2.45, 2.75) is 26.4 Å². The minimum absolute atomic E-state index is 0.427. The summed E-state index contributed by atoms with van der Waals surface area (Å²) in [6, 6.07) is 13.9. The van der Waals surface area contributed by atoms with Gasteiger partial charge in [-0.25, -0.2) is 0 Å². The highest BCUT2D eigenvalue weighted by Crippen LogP contribution is 2.23. The largest absolute Gasteiger partial charge is 0.496 e. The van der Waals surface area contributed by atoms with E-state index in [4.69, 9.17) is 15.3 Å². The summed E-state index contributed by atoms with van der Waals surface area (Å²) in [6.45, 7) is 4.77. The van der Waals surface area contributed by atoms with Crippen LogP contribution < -0.4 is 15.3 Å². The van der Waals surface area contributed by atoms with Gasteiger partial charge in [0.15, 0.2) is 0 Å². The molecular weight excluding hydrogens is 276 g/mol. The van der Waals surface area contributed by atoms with Gasteiger partial charge in [-0.1, -0.05) is 26.0 Å². The number of ether oxygens (including phenoxy) is 2. The molecule has 2 aromatic rings. The lowest BCUT2D eigenvalue weighted by Gasteiger charge is -2.12. The average Bonchev–Trinajstić information content (AvgIpc) is 2.54. The predicted molar refractivity (Wildman–Crippen MR) is 89.6 cm³/mol. The van der Waals surface area contributed by atoms with E-state index >= 15 is 0 Å². The molecule has 0 spiro atoms. The number of methoxy groups -OCH3 is 1. The van der Waals surface area contributed by atoms with E-state index in [-0.39, 0.29) is 0 Å². The molecule has 4 nitrogen and oxygen atoms in total. The van der Waals surface area contributed by atoms with Crippen molar-refractivity contribution < 1.29 is 9.47 Å². The Balaban J connectivity index is 2.11. The number of hydrazone groups is 1. The van der Waals surface area contributed by atoms with Crippen LogP contribution in [-0.2, 0) is 6.61 Å². The van der Waals surface area contributed by atoms with Gasteiger partial charge in [0.2, 0.25) is 0 Å². The fourth-order valence-electron chi connectivity index (χ4n) is 2.19. The summed E-state index contributed by atoms with van der Waals surface area (Å²) >= 11 is 0. The summed E-state index contributed by atoms with van der Waals surface area (Å²) in [5.41, 5.74) is 3.16. The van der Waals surface area contributed by atoms with E-state index in [2.05, 4.69) is 31.1 Å². The highest BCUT2D eigenvalue weighted by molar-refractivity contribution is 5.80. The summed E-state index contributed by atoms with van der Waals surface area (Å²) in [4.78, 5) is 0. The Labute approximate surface area is 131 Å². The van der Waals surface area contributed by atoms with Crippen LogP contribution in [0.1, 0.15) is 36.5 Å². The SMILES string of the molecule is COc1ccc(C=NN)cc1COc1ccc(C(C)C)cc1. The molecule has 0 bridgehead atoms. The van der Waals surface area contributed by atoms with Crippen LogP contribution in [0.25, 0.3) is 0 Å². The molecule has 0 fully saturated rings. The Hall–Kier alpha value is -2.49. The maximum Gasteiger partial charge on any atom is 0.125 e. The molecule has 2 aromatic carbocycles. The monoisotopic (exact) mass is 298 g/mol. The van der Waals surface area contributed by atoms with Crippen molar-refractivity contribution in [1.29, 1.82) is 0 Å². The van der Waals surface area contributed by atoms with Crippen molar-refractivity contribution in [3.63, 3.8) is 0 Å². The van der Waals surface area contributed by atoms with E-state index in [1.807, 2.05) is 30.3 Å². The van der Waals surface area contributed by atoms with Crippen LogP contribution in [-0.4, -0.2) is 13.3 Å². The third-order valence-corrected chi connectivity index (χ3v) is 3.47. The van der Waals surface area contributed by atoms with Gasteiger partial charge in [0.05, 0.1) is 13.3 Å². The molecule has 22 heavy (non-hydrogen) atoms. The Morgan fingerprint density at radius 3 is 2.45 bits per heavy atom. The average molecular weight is 298 g/mol. The number of hydrogen-bond donors (Lipinski definition) is 1. The number of nitrogens with zero attached hydrogens (tertiary/aromatic N) is 1. The number of hydrogen-bond acceptors (Lipinski definition) is 4. The van der Waals surface area contributed by atoms with Crippen molar-refractivity contribution in [3.05, 3.63) is 59.2 Å². The molecule has 0 radical (unpaired) electrons. The summed E-state index contributed by atoms with van der Waals surface area (Å²) in [5.74, 6) is 7.33. The molecule has 0 saturated heterocycles. The molecule has 0 saturated carbocycles. The zero-order valence-electron chi connectivity index (χ0n) is 13.2. The second-order valence-electron chi connectivity index (χ2n) is 5.36.